The lowest BCUT2D eigenvalue weighted by molar-refractivity contribution is -0.723. The minimum atomic E-state index is -0.471. The molecule has 1 aromatic rings. The molecule has 1 fully saturated rings. The summed E-state index contributed by atoms with van der Waals surface area (Å²) in [5.74, 6) is 0.121. The molecule has 0 unspecified atom stereocenters. The topological polar surface area (TPSA) is 92.5 Å². The second kappa shape index (κ2) is 7.04. The fourth-order valence-electron chi connectivity index (χ4n) is 3.19. The number of hydrogen-bond donors (Lipinski definition) is 1. The SMILES string of the molecule is COc1cc(N(C)C)c([N+](=O)[O-])cc1C(=O)N1C[C@@H](C)[NH2+][C@@H](C)C1. The van der Waals surface area contributed by atoms with Crippen LogP contribution in [0, 0.1) is 10.1 Å². The molecule has 2 N–H and O–H groups in total. The van der Waals surface area contributed by atoms with Crippen LogP contribution in [-0.2, 0) is 0 Å². The van der Waals surface area contributed by atoms with Crippen LogP contribution in [-0.4, -0.2) is 62.1 Å². The number of nitrogens with two attached hydrogens (primary N) is 1. The summed E-state index contributed by atoms with van der Waals surface area (Å²) in [6, 6.07) is 3.46. The summed E-state index contributed by atoms with van der Waals surface area (Å²) < 4.78 is 5.33. The van der Waals surface area contributed by atoms with E-state index in [4.69, 9.17) is 4.74 Å². The Kier molecular flexibility index (Phi) is 5.28. The lowest BCUT2D eigenvalue weighted by Crippen LogP contribution is -2.99. The molecule has 8 heteroatoms. The van der Waals surface area contributed by atoms with Gasteiger partial charge in [0, 0.05) is 26.2 Å². The molecule has 1 heterocycles. The average Bonchev–Trinajstić information content (AvgIpc) is 2.51. The number of piperazine rings is 1. The maximum Gasteiger partial charge on any atom is 0.293 e. The number of rotatable bonds is 4. The normalized spacial score (nSPS) is 20.6. The number of ether oxygens (including phenoxy) is 1. The van der Waals surface area contributed by atoms with Gasteiger partial charge in [0.15, 0.2) is 0 Å². The second-order valence-corrected chi connectivity index (χ2v) is 6.55. The summed E-state index contributed by atoms with van der Waals surface area (Å²) in [4.78, 5) is 27.2. The molecule has 0 bridgehead atoms. The van der Waals surface area contributed by atoms with Crippen LogP contribution >= 0.6 is 0 Å². The molecular formula is C16H25N4O4+. The highest BCUT2D eigenvalue weighted by Crippen LogP contribution is 2.35. The molecular weight excluding hydrogens is 312 g/mol. The van der Waals surface area contributed by atoms with Crippen molar-refractivity contribution in [2.45, 2.75) is 25.9 Å². The molecule has 1 amide bonds. The first-order valence-electron chi connectivity index (χ1n) is 7.92. The first-order chi connectivity index (χ1) is 11.2. The van der Waals surface area contributed by atoms with E-state index < -0.39 is 4.92 Å². The summed E-state index contributed by atoms with van der Waals surface area (Å²) in [5, 5.41) is 13.6. The molecule has 0 radical (unpaired) electrons. The van der Waals surface area contributed by atoms with Gasteiger partial charge in [0.2, 0.25) is 0 Å². The van der Waals surface area contributed by atoms with Crippen LogP contribution in [0.25, 0.3) is 0 Å². The van der Waals surface area contributed by atoms with Crippen LogP contribution in [0.15, 0.2) is 12.1 Å². The maximum atomic E-state index is 12.9. The number of nitrogens with zero attached hydrogens (tertiary/aromatic N) is 3. The van der Waals surface area contributed by atoms with E-state index in [1.165, 1.54) is 13.2 Å². The van der Waals surface area contributed by atoms with Gasteiger partial charge in [0.1, 0.15) is 23.5 Å². The van der Waals surface area contributed by atoms with Gasteiger partial charge in [-0.2, -0.15) is 0 Å². The third kappa shape index (κ3) is 3.59. The van der Waals surface area contributed by atoms with Gasteiger partial charge in [-0.3, -0.25) is 14.9 Å². The Morgan fingerprint density at radius 2 is 1.92 bits per heavy atom. The van der Waals surface area contributed by atoms with Crippen LogP contribution in [0.1, 0.15) is 24.2 Å². The molecule has 2 rings (SSSR count). The fourth-order valence-corrected chi connectivity index (χ4v) is 3.19. The van der Waals surface area contributed by atoms with Crippen molar-refractivity contribution in [3.63, 3.8) is 0 Å². The van der Waals surface area contributed by atoms with Gasteiger partial charge in [-0.1, -0.05) is 0 Å². The van der Waals surface area contributed by atoms with E-state index in [1.807, 2.05) is 0 Å². The van der Waals surface area contributed by atoms with Crippen LogP contribution in [0.2, 0.25) is 0 Å². The van der Waals surface area contributed by atoms with Gasteiger partial charge < -0.3 is 19.9 Å². The number of nitro benzene ring substituents is 1. The number of amides is 1. The largest absolute Gasteiger partial charge is 0.496 e. The summed E-state index contributed by atoms with van der Waals surface area (Å²) >= 11 is 0. The quantitative estimate of drug-likeness (QED) is 0.637. The van der Waals surface area contributed by atoms with Crippen LogP contribution < -0.4 is 15.0 Å². The Morgan fingerprint density at radius 1 is 1.33 bits per heavy atom. The van der Waals surface area contributed by atoms with E-state index in [2.05, 4.69) is 19.2 Å². The zero-order valence-corrected chi connectivity index (χ0v) is 14.8. The van der Waals surface area contributed by atoms with Gasteiger partial charge in [-0.05, 0) is 13.8 Å². The van der Waals surface area contributed by atoms with Crippen molar-refractivity contribution in [3.05, 3.63) is 27.8 Å². The van der Waals surface area contributed by atoms with Gasteiger partial charge in [-0.15, -0.1) is 0 Å². The zero-order valence-electron chi connectivity index (χ0n) is 14.8. The highest BCUT2D eigenvalue weighted by atomic mass is 16.6. The van der Waals surface area contributed by atoms with Crippen LogP contribution in [0.5, 0.6) is 5.75 Å². The van der Waals surface area contributed by atoms with Crippen molar-refractivity contribution in [1.29, 1.82) is 0 Å². The second-order valence-electron chi connectivity index (χ2n) is 6.55. The molecule has 1 aliphatic rings. The summed E-state index contributed by atoms with van der Waals surface area (Å²) in [5.41, 5.74) is 0.534. The molecule has 132 valence electrons. The van der Waals surface area contributed by atoms with Gasteiger partial charge in [0.25, 0.3) is 11.6 Å². The Hall–Kier alpha value is -2.35. The molecule has 8 nitrogen and oxygen atoms in total. The molecule has 1 aliphatic heterocycles. The van der Waals surface area contributed by atoms with Crippen LogP contribution in [0.3, 0.4) is 0 Å². The Morgan fingerprint density at radius 3 is 2.38 bits per heavy atom. The Bertz CT molecular complexity index is 637. The Labute approximate surface area is 141 Å². The average molecular weight is 337 g/mol. The highest BCUT2D eigenvalue weighted by molar-refractivity contribution is 5.99. The highest BCUT2D eigenvalue weighted by Gasteiger charge is 2.32. The summed E-state index contributed by atoms with van der Waals surface area (Å²) in [7, 11) is 4.90. The zero-order chi connectivity index (χ0) is 18.0. The van der Waals surface area contributed by atoms with E-state index in [1.54, 1.807) is 30.0 Å². The van der Waals surface area contributed by atoms with Crippen molar-refractivity contribution >= 4 is 17.3 Å². The Balaban J connectivity index is 2.46. The summed E-state index contributed by atoms with van der Waals surface area (Å²) in [6.45, 7) is 5.33. The van der Waals surface area contributed by atoms with Crippen molar-refractivity contribution in [1.82, 2.24) is 4.90 Å². The van der Waals surface area contributed by atoms with Crippen molar-refractivity contribution in [2.24, 2.45) is 0 Å². The number of carbonyl (C=O) groups is 1. The monoisotopic (exact) mass is 337 g/mol. The molecule has 0 aromatic heterocycles. The number of nitro groups is 1. The third-order valence-corrected chi connectivity index (χ3v) is 4.17. The number of quaternary nitrogens is 1. The molecule has 0 saturated carbocycles. The van der Waals surface area contributed by atoms with E-state index in [9.17, 15) is 14.9 Å². The minimum Gasteiger partial charge on any atom is -0.496 e. The number of anilines is 1. The standard InChI is InChI=1S/C16H24N4O4/c1-10-8-19(9-11(2)17-10)16(21)12-6-14(20(22)23)13(18(3)4)7-15(12)24-5/h6-7,10-11,17H,8-9H2,1-5H3/p+1/t10-,11+. The maximum absolute atomic E-state index is 12.9. The molecule has 0 spiro atoms. The molecule has 0 aliphatic carbocycles. The van der Waals surface area contributed by atoms with Gasteiger partial charge in [0.05, 0.1) is 30.7 Å². The first kappa shape index (κ1) is 18.0. The van der Waals surface area contributed by atoms with Crippen LogP contribution in [0.4, 0.5) is 11.4 Å². The molecule has 24 heavy (non-hydrogen) atoms. The summed E-state index contributed by atoms with van der Waals surface area (Å²) in [6.07, 6.45) is 0. The number of hydrogen-bond acceptors (Lipinski definition) is 5. The van der Waals surface area contributed by atoms with E-state index in [0.29, 0.717) is 36.6 Å². The third-order valence-electron chi connectivity index (χ3n) is 4.17. The first-order valence-corrected chi connectivity index (χ1v) is 7.92. The van der Waals surface area contributed by atoms with E-state index in [-0.39, 0.29) is 17.2 Å². The molecule has 1 saturated heterocycles. The molecule has 2 atom stereocenters. The van der Waals surface area contributed by atoms with Gasteiger partial charge >= 0.3 is 0 Å². The lowest BCUT2D eigenvalue weighted by Gasteiger charge is -2.33. The van der Waals surface area contributed by atoms with Crippen molar-refractivity contribution in [2.75, 3.05) is 39.2 Å². The van der Waals surface area contributed by atoms with Crippen molar-refractivity contribution < 1.29 is 19.8 Å². The lowest BCUT2D eigenvalue weighted by atomic mass is 10.1. The predicted octanol–water partition coefficient (Wildman–Crippen LogP) is 0.466. The van der Waals surface area contributed by atoms with E-state index >= 15 is 0 Å². The van der Waals surface area contributed by atoms with Gasteiger partial charge in [-0.25, -0.2) is 0 Å². The van der Waals surface area contributed by atoms with Crippen molar-refractivity contribution in [3.8, 4) is 5.75 Å². The number of benzene rings is 1. The minimum absolute atomic E-state index is 0.103. The predicted molar refractivity (Wildman–Crippen MR) is 90.7 cm³/mol. The number of methoxy groups -OCH3 is 1. The number of carbonyl (C=O) groups excluding carboxylic acids is 1. The van der Waals surface area contributed by atoms with E-state index in [0.717, 1.165) is 0 Å². The fraction of sp³-hybridized carbons (Fsp3) is 0.562. The smallest absolute Gasteiger partial charge is 0.293 e. The molecule has 1 aromatic carbocycles.